The molecule has 1 heterocycles. The summed E-state index contributed by atoms with van der Waals surface area (Å²) >= 11 is 5.14. The van der Waals surface area contributed by atoms with Gasteiger partial charge in [-0.05, 0) is 57.9 Å². The maximum Gasteiger partial charge on any atom is 0.188 e. The summed E-state index contributed by atoms with van der Waals surface area (Å²) in [6, 6.07) is 11.7. The number of benzene rings is 2. The van der Waals surface area contributed by atoms with Gasteiger partial charge in [-0.1, -0.05) is 12.1 Å². The normalized spacial score (nSPS) is 11.4. The van der Waals surface area contributed by atoms with E-state index < -0.39 is 0 Å². The van der Waals surface area contributed by atoms with E-state index in [0.29, 0.717) is 0 Å². The zero-order valence-electron chi connectivity index (χ0n) is 12.5. The molecule has 2 N–H and O–H groups in total. The first-order valence-electron chi connectivity index (χ1n) is 6.91. The minimum atomic E-state index is 0.225. The number of nitrogens with two attached hydrogens (primary N) is 1. The highest BCUT2D eigenvalue weighted by molar-refractivity contribution is 9.10. The molecule has 6 heteroatoms. The molecular weight excluding hydrogens is 376 g/mol. The number of hydrogen-bond donors (Lipinski definition) is 1. The maximum absolute atomic E-state index is 5.78. The minimum Gasteiger partial charge on any atom is -0.466 e. The van der Waals surface area contributed by atoms with Crippen molar-refractivity contribution in [1.29, 1.82) is 0 Å². The molecular formula is C17H15BrN2O2S. The van der Waals surface area contributed by atoms with E-state index in [4.69, 9.17) is 15.2 Å². The Balaban J connectivity index is 1.79. The lowest BCUT2D eigenvalue weighted by atomic mass is 10.2. The van der Waals surface area contributed by atoms with Crippen molar-refractivity contribution in [1.82, 2.24) is 4.98 Å². The number of nitrogens with zero attached hydrogens (tertiary/aromatic N) is 1. The van der Waals surface area contributed by atoms with Crippen molar-refractivity contribution < 1.29 is 9.47 Å². The highest BCUT2D eigenvalue weighted by Gasteiger charge is 2.03. The molecule has 4 nitrogen and oxygen atoms in total. The Morgan fingerprint density at radius 3 is 2.87 bits per heavy atom. The van der Waals surface area contributed by atoms with Gasteiger partial charge in [0.05, 0.1) is 14.7 Å². The van der Waals surface area contributed by atoms with Crippen molar-refractivity contribution in [2.24, 2.45) is 0 Å². The van der Waals surface area contributed by atoms with Gasteiger partial charge in [0.15, 0.2) is 6.79 Å². The Hall–Kier alpha value is -1.89. The van der Waals surface area contributed by atoms with E-state index in [9.17, 15) is 0 Å². The highest BCUT2D eigenvalue weighted by Crippen LogP contribution is 2.28. The molecule has 1 aromatic heterocycles. The first-order chi connectivity index (χ1) is 11.2. The smallest absolute Gasteiger partial charge is 0.188 e. The second-order valence-corrected chi connectivity index (χ2v) is 6.77. The number of hydrogen-bond acceptors (Lipinski definition) is 5. The molecule has 0 aliphatic heterocycles. The number of ether oxygens (including phenoxy) is 2. The summed E-state index contributed by atoms with van der Waals surface area (Å²) in [5.41, 5.74) is 8.50. The number of nitrogen functional groups attached to an aromatic ring is 1. The first kappa shape index (κ1) is 16.0. The van der Waals surface area contributed by atoms with E-state index in [1.807, 2.05) is 48.6 Å². The van der Waals surface area contributed by atoms with Gasteiger partial charge >= 0.3 is 0 Å². The molecule has 0 saturated carbocycles. The largest absolute Gasteiger partial charge is 0.466 e. The summed E-state index contributed by atoms with van der Waals surface area (Å²) in [6.07, 6.45) is 4.02. The molecule has 118 valence electrons. The van der Waals surface area contributed by atoms with Gasteiger partial charge in [-0.3, -0.25) is 0 Å². The minimum absolute atomic E-state index is 0.225. The van der Waals surface area contributed by atoms with E-state index in [1.165, 1.54) is 0 Å². The van der Waals surface area contributed by atoms with Gasteiger partial charge in [0, 0.05) is 12.8 Å². The van der Waals surface area contributed by atoms with Crippen molar-refractivity contribution in [3.63, 3.8) is 0 Å². The molecule has 0 unspecified atom stereocenters. The number of rotatable bonds is 5. The van der Waals surface area contributed by atoms with Gasteiger partial charge in [0.1, 0.15) is 10.8 Å². The molecule has 2 aromatic carbocycles. The predicted molar refractivity (Wildman–Crippen MR) is 99.6 cm³/mol. The number of thiazole rings is 1. The van der Waals surface area contributed by atoms with E-state index >= 15 is 0 Å². The molecule has 0 amide bonds. The lowest BCUT2D eigenvalue weighted by Gasteiger charge is -2.07. The maximum atomic E-state index is 5.78. The van der Waals surface area contributed by atoms with E-state index in [1.54, 1.807) is 18.4 Å². The second kappa shape index (κ2) is 7.12. The van der Waals surface area contributed by atoms with Gasteiger partial charge in [-0.25, -0.2) is 4.98 Å². The van der Waals surface area contributed by atoms with Crippen molar-refractivity contribution in [3.05, 3.63) is 51.4 Å². The van der Waals surface area contributed by atoms with Crippen LogP contribution >= 0.6 is 27.3 Å². The van der Waals surface area contributed by atoms with Crippen LogP contribution in [0.4, 0.5) is 5.69 Å². The molecule has 0 aliphatic carbocycles. The lowest BCUT2D eigenvalue weighted by molar-refractivity contribution is 0.0506. The van der Waals surface area contributed by atoms with Gasteiger partial charge in [0.25, 0.3) is 0 Å². The van der Waals surface area contributed by atoms with E-state index in [2.05, 4.69) is 20.9 Å². The second-order valence-electron chi connectivity index (χ2n) is 4.85. The number of halogens is 1. The molecule has 0 saturated heterocycles. The number of anilines is 1. The van der Waals surface area contributed by atoms with Crippen molar-refractivity contribution in [2.75, 3.05) is 19.6 Å². The highest BCUT2D eigenvalue weighted by atomic mass is 79.9. The summed E-state index contributed by atoms with van der Waals surface area (Å²) in [6.45, 7) is 0.225. The van der Waals surface area contributed by atoms with Crippen LogP contribution in [0.2, 0.25) is 0 Å². The van der Waals surface area contributed by atoms with Gasteiger partial charge < -0.3 is 15.2 Å². The third-order valence-corrected chi connectivity index (χ3v) is 4.76. The summed E-state index contributed by atoms with van der Waals surface area (Å²) in [5, 5.41) is 0.946. The van der Waals surface area contributed by atoms with Crippen LogP contribution in [0.5, 0.6) is 5.75 Å². The molecule has 23 heavy (non-hydrogen) atoms. The average molecular weight is 391 g/mol. The van der Waals surface area contributed by atoms with Crippen molar-refractivity contribution >= 4 is 55.3 Å². The Morgan fingerprint density at radius 1 is 1.22 bits per heavy atom. The fourth-order valence-electron chi connectivity index (χ4n) is 2.06. The molecule has 3 rings (SSSR count). The van der Waals surface area contributed by atoms with E-state index in [0.717, 1.165) is 36.7 Å². The topological polar surface area (TPSA) is 57.4 Å². The zero-order chi connectivity index (χ0) is 16.2. The van der Waals surface area contributed by atoms with Crippen LogP contribution in [-0.4, -0.2) is 18.9 Å². The summed E-state index contributed by atoms with van der Waals surface area (Å²) in [5.74, 6) is 0.750. The standard InChI is InChI=1S/C17H15BrN2O2S/c1-21-10-22-15-5-2-11(8-13(15)18)3-7-17-20-14-9-12(19)4-6-16(14)23-17/h2-9H,10,19H2,1H3. The van der Waals surface area contributed by atoms with Gasteiger partial charge in [0.2, 0.25) is 0 Å². The Bertz CT molecular complexity index is 861. The van der Waals surface area contributed by atoms with Crippen LogP contribution in [0.25, 0.3) is 22.4 Å². The SMILES string of the molecule is COCOc1ccc(C=Cc2nc3cc(N)ccc3s2)cc1Br. The van der Waals surface area contributed by atoms with Gasteiger partial charge in [-0.2, -0.15) is 0 Å². The summed E-state index contributed by atoms with van der Waals surface area (Å²) < 4.78 is 12.4. The predicted octanol–water partition coefficient (Wildman–Crippen LogP) is 4.79. The average Bonchev–Trinajstić information content (AvgIpc) is 2.94. The van der Waals surface area contributed by atoms with Crippen LogP contribution in [-0.2, 0) is 4.74 Å². The van der Waals surface area contributed by atoms with Crippen LogP contribution in [0.15, 0.2) is 40.9 Å². The van der Waals surface area contributed by atoms with E-state index in [-0.39, 0.29) is 6.79 Å². The first-order valence-corrected chi connectivity index (χ1v) is 8.52. The lowest BCUT2D eigenvalue weighted by Crippen LogP contribution is -1.99. The van der Waals surface area contributed by atoms with Crippen LogP contribution < -0.4 is 10.5 Å². The molecule has 0 bridgehead atoms. The number of aromatic nitrogens is 1. The number of fused-ring (bicyclic) bond motifs is 1. The fourth-order valence-corrected chi connectivity index (χ4v) is 3.42. The molecule has 0 aliphatic rings. The van der Waals surface area contributed by atoms with Gasteiger partial charge in [-0.15, -0.1) is 11.3 Å². The van der Waals surface area contributed by atoms with Crippen LogP contribution in [0.1, 0.15) is 10.6 Å². The summed E-state index contributed by atoms with van der Waals surface area (Å²) in [7, 11) is 1.59. The third-order valence-electron chi connectivity index (χ3n) is 3.13. The number of methoxy groups -OCH3 is 1. The Morgan fingerprint density at radius 2 is 2.09 bits per heavy atom. The molecule has 0 atom stereocenters. The van der Waals surface area contributed by atoms with Crippen LogP contribution in [0, 0.1) is 0 Å². The van der Waals surface area contributed by atoms with Crippen molar-refractivity contribution in [3.8, 4) is 5.75 Å². The fraction of sp³-hybridized carbons (Fsp3) is 0.118. The van der Waals surface area contributed by atoms with Crippen molar-refractivity contribution in [2.45, 2.75) is 0 Å². The quantitative estimate of drug-likeness (QED) is 0.502. The Labute approximate surface area is 146 Å². The van der Waals surface area contributed by atoms with Crippen LogP contribution in [0.3, 0.4) is 0 Å². The molecule has 3 aromatic rings. The zero-order valence-corrected chi connectivity index (χ0v) is 14.9. The third kappa shape index (κ3) is 3.90. The molecule has 0 spiro atoms. The summed E-state index contributed by atoms with van der Waals surface area (Å²) in [4.78, 5) is 4.57. The Kier molecular flexibility index (Phi) is 4.95. The monoisotopic (exact) mass is 390 g/mol. The molecule has 0 fully saturated rings. The molecule has 0 radical (unpaired) electrons.